The van der Waals surface area contributed by atoms with E-state index in [-0.39, 0.29) is 6.10 Å². The van der Waals surface area contributed by atoms with E-state index in [9.17, 15) is 4.79 Å². The molecule has 0 aliphatic rings. The Morgan fingerprint density at radius 2 is 1.86 bits per heavy atom. The summed E-state index contributed by atoms with van der Waals surface area (Å²) >= 11 is 11.8. The van der Waals surface area contributed by atoms with Crippen LogP contribution < -0.4 is 11.1 Å². The van der Waals surface area contributed by atoms with Gasteiger partial charge in [-0.15, -0.1) is 0 Å². The molecule has 0 bridgehead atoms. The highest BCUT2D eigenvalue weighted by Gasteiger charge is 2.11. The average Bonchev–Trinajstić information content (AvgIpc) is 2.44. The monoisotopic (exact) mass is 338 g/mol. The van der Waals surface area contributed by atoms with Gasteiger partial charge >= 0.3 is 5.97 Å². The summed E-state index contributed by atoms with van der Waals surface area (Å²) in [6.07, 6.45) is -0.178. The lowest BCUT2D eigenvalue weighted by Crippen LogP contribution is -2.12. The molecule has 0 spiro atoms. The quantitative estimate of drug-likeness (QED) is 0.615. The van der Waals surface area contributed by atoms with Crippen LogP contribution >= 0.6 is 23.2 Å². The third kappa shape index (κ3) is 4.06. The molecule has 0 heterocycles. The van der Waals surface area contributed by atoms with E-state index in [0.29, 0.717) is 27.0 Å². The minimum Gasteiger partial charge on any atom is -0.459 e. The first-order valence-corrected chi connectivity index (χ1v) is 7.45. The van der Waals surface area contributed by atoms with E-state index < -0.39 is 5.97 Å². The van der Waals surface area contributed by atoms with Crippen molar-refractivity contribution in [1.82, 2.24) is 0 Å². The number of carbonyl (C=O) groups is 1. The lowest BCUT2D eigenvalue weighted by Gasteiger charge is -2.12. The van der Waals surface area contributed by atoms with Crippen molar-refractivity contribution >= 4 is 46.2 Å². The van der Waals surface area contributed by atoms with Crippen LogP contribution in [0, 0.1) is 0 Å². The first kappa shape index (κ1) is 16.5. The molecule has 0 saturated heterocycles. The van der Waals surface area contributed by atoms with E-state index in [4.69, 9.17) is 33.7 Å². The Balaban J connectivity index is 2.19. The van der Waals surface area contributed by atoms with Gasteiger partial charge in [0.2, 0.25) is 0 Å². The van der Waals surface area contributed by atoms with Gasteiger partial charge in [-0.3, -0.25) is 0 Å². The van der Waals surface area contributed by atoms with Crippen LogP contribution in [0.25, 0.3) is 0 Å². The van der Waals surface area contributed by atoms with Gasteiger partial charge < -0.3 is 15.8 Å². The molecule has 0 unspecified atom stereocenters. The Morgan fingerprint density at radius 3 is 2.45 bits per heavy atom. The van der Waals surface area contributed by atoms with Gasteiger partial charge in [-0.25, -0.2) is 4.79 Å². The summed E-state index contributed by atoms with van der Waals surface area (Å²) in [6.45, 7) is 3.59. The second-order valence-electron chi connectivity index (χ2n) is 5.01. The molecule has 0 aliphatic carbocycles. The van der Waals surface area contributed by atoms with Gasteiger partial charge in [0.25, 0.3) is 0 Å². The maximum Gasteiger partial charge on any atom is 0.338 e. The van der Waals surface area contributed by atoms with Crippen LogP contribution in [-0.2, 0) is 4.74 Å². The molecular formula is C16H16Cl2N2O2. The number of hydrogen-bond acceptors (Lipinski definition) is 4. The highest BCUT2D eigenvalue weighted by atomic mass is 35.5. The van der Waals surface area contributed by atoms with Gasteiger partial charge in [-0.05, 0) is 50.2 Å². The molecule has 0 saturated carbocycles. The zero-order chi connectivity index (χ0) is 16.3. The summed E-state index contributed by atoms with van der Waals surface area (Å²) in [7, 11) is 0. The van der Waals surface area contributed by atoms with Crippen molar-refractivity contribution in [3.8, 4) is 0 Å². The zero-order valence-corrected chi connectivity index (χ0v) is 13.7. The van der Waals surface area contributed by atoms with Crippen molar-refractivity contribution in [3.63, 3.8) is 0 Å². The molecule has 3 N–H and O–H groups in total. The molecule has 2 aromatic rings. The normalized spacial score (nSPS) is 10.6. The Kier molecular flexibility index (Phi) is 5.16. The number of hydrogen-bond donors (Lipinski definition) is 2. The molecule has 6 heteroatoms. The summed E-state index contributed by atoms with van der Waals surface area (Å²) in [5.41, 5.74) is 8.23. The maximum absolute atomic E-state index is 11.8. The molecule has 0 aliphatic heterocycles. The lowest BCUT2D eigenvalue weighted by molar-refractivity contribution is 0.0378. The van der Waals surface area contributed by atoms with Crippen LogP contribution in [0.1, 0.15) is 24.2 Å². The molecule has 116 valence electrons. The maximum atomic E-state index is 11.8. The largest absolute Gasteiger partial charge is 0.459 e. The molecule has 0 radical (unpaired) electrons. The number of esters is 1. The third-order valence-corrected chi connectivity index (χ3v) is 3.57. The molecule has 0 aromatic heterocycles. The third-order valence-electron chi connectivity index (χ3n) is 2.83. The molecular weight excluding hydrogens is 323 g/mol. The Morgan fingerprint density at radius 1 is 1.14 bits per heavy atom. The van der Waals surface area contributed by atoms with Gasteiger partial charge in [-0.2, -0.15) is 0 Å². The second-order valence-corrected chi connectivity index (χ2v) is 5.82. The fourth-order valence-corrected chi connectivity index (χ4v) is 2.11. The summed E-state index contributed by atoms with van der Waals surface area (Å²) in [6, 6.07) is 10.1. The van der Waals surface area contributed by atoms with E-state index in [1.165, 1.54) is 0 Å². The van der Waals surface area contributed by atoms with Crippen LogP contribution in [0.4, 0.5) is 17.1 Å². The fourth-order valence-electron chi connectivity index (χ4n) is 1.82. The van der Waals surface area contributed by atoms with E-state index in [2.05, 4.69) is 5.32 Å². The first-order chi connectivity index (χ1) is 10.4. The van der Waals surface area contributed by atoms with Crippen LogP contribution in [0.15, 0.2) is 36.4 Å². The summed E-state index contributed by atoms with van der Waals surface area (Å²) < 4.78 is 5.13. The molecule has 0 fully saturated rings. The van der Waals surface area contributed by atoms with Gasteiger partial charge in [0.05, 0.1) is 33.1 Å². The average molecular weight is 339 g/mol. The number of benzene rings is 2. The van der Waals surface area contributed by atoms with E-state index >= 15 is 0 Å². The molecule has 4 nitrogen and oxygen atoms in total. The van der Waals surface area contributed by atoms with Crippen molar-refractivity contribution in [1.29, 1.82) is 0 Å². The van der Waals surface area contributed by atoms with Crippen molar-refractivity contribution in [2.24, 2.45) is 0 Å². The SMILES string of the molecule is CC(C)OC(=O)c1ccc(Nc2ccc(Cl)c(Cl)c2)c(N)c1. The van der Waals surface area contributed by atoms with E-state index in [1.54, 1.807) is 50.2 Å². The minimum atomic E-state index is -0.400. The summed E-state index contributed by atoms with van der Waals surface area (Å²) in [5, 5.41) is 4.05. The Labute approximate surface area is 139 Å². The number of carbonyl (C=O) groups excluding carboxylic acids is 1. The molecule has 2 rings (SSSR count). The minimum absolute atomic E-state index is 0.178. The van der Waals surface area contributed by atoms with Gasteiger partial charge in [-0.1, -0.05) is 23.2 Å². The number of anilines is 3. The summed E-state index contributed by atoms with van der Waals surface area (Å²) in [4.78, 5) is 11.8. The number of nitrogens with one attached hydrogen (secondary N) is 1. The Bertz CT molecular complexity index is 703. The number of nitrogen functional groups attached to an aromatic ring is 1. The smallest absolute Gasteiger partial charge is 0.338 e. The zero-order valence-electron chi connectivity index (χ0n) is 12.2. The van der Waals surface area contributed by atoms with Gasteiger partial charge in [0, 0.05) is 5.69 Å². The number of nitrogens with two attached hydrogens (primary N) is 1. The predicted octanol–water partition coefficient (Wildman–Crippen LogP) is 4.88. The standard InChI is InChI=1S/C16H16Cl2N2O2/c1-9(2)22-16(21)10-3-6-15(14(19)7-10)20-11-4-5-12(17)13(18)8-11/h3-9,20H,19H2,1-2H3. The van der Waals surface area contributed by atoms with Crippen LogP contribution in [0.3, 0.4) is 0 Å². The van der Waals surface area contributed by atoms with Crippen molar-refractivity contribution < 1.29 is 9.53 Å². The van der Waals surface area contributed by atoms with Crippen LogP contribution in [0.2, 0.25) is 10.0 Å². The van der Waals surface area contributed by atoms with Crippen molar-refractivity contribution in [2.45, 2.75) is 20.0 Å². The molecule has 2 aromatic carbocycles. The van der Waals surface area contributed by atoms with Crippen molar-refractivity contribution in [2.75, 3.05) is 11.1 Å². The molecule has 22 heavy (non-hydrogen) atoms. The second kappa shape index (κ2) is 6.90. The van der Waals surface area contributed by atoms with Crippen LogP contribution in [0.5, 0.6) is 0 Å². The lowest BCUT2D eigenvalue weighted by atomic mass is 10.1. The highest BCUT2D eigenvalue weighted by molar-refractivity contribution is 6.42. The van der Waals surface area contributed by atoms with Gasteiger partial charge in [0.1, 0.15) is 0 Å². The van der Waals surface area contributed by atoms with E-state index in [1.807, 2.05) is 0 Å². The van der Waals surface area contributed by atoms with Crippen molar-refractivity contribution in [3.05, 3.63) is 52.0 Å². The first-order valence-electron chi connectivity index (χ1n) is 6.69. The highest BCUT2D eigenvalue weighted by Crippen LogP contribution is 2.29. The van der Waals surface area contributed by atoms with E-state index in [0.717, 1.165) is 5.69 Å². The van der Waals surface area contributed by atoms with Gasteiger partial charge in [0.15, 0.2) is 0 Å². The number of rotatable bonds is 4. The summed E-state index contributed by atoms with van der Waals surface area (Å²) in [5.74, 6) is -0.400. The topological polar surface area (TPSA) is 64.3 Å². The Hall–Kier alpha value is -1.91. The number of ether oxygens (including phenoxy) is 1. The molecule has 0 amide bonds. The fraction of sp³-hybridized carbons (Fsp3) is 0.188. The van der Waals surface area contributed by atoms with Crippen LogP contribution in [-0.4, -0.2) is 12.1 Å². The molecule has 0 atom stereocenters. The predicted molar refractivity (Wildman–Crippen MR) is 91.2 cm³/mol. The number of halogens is 2.